The van der Waals surface area contributed by atoms with E-state index in [0.717, 1.165) is 22.1 Å². The zero-order valence-electron chi connectivity index (χ0n) is 22.8. The summed E-state index contributed by atoms with van der Waals surface area (Å²) in [5, 5.41) is 47.1. The number of aliphatic hydroxyl groups excluding tert-OH is 2. The molecule has 0 aromatic heterocycles. The van der Waals surface area contributed by atoms with Gasteiger partial charge >= 0.3 is 0 Å². The highest BCUT2D eigenvalue weighted by Gasteiger charge is 2.24. The molecule has 0 radical (unpaired) electrons. The largest absolute Gasteiger partial charge is 0.506 e. The van der Waals surface area contributed by atoms with Crippen molar-refractivity contribution in [2.75, 3.05) is 40.4 Å². The number of phenols is 1. The number of hydrogen-bond acceptors (Lipinski definition) is 10. The van der Waals surface area contributed by atoms with E-state index < -0.39 is 10.0 Å². The molecule has 4 rings (SSSR count). The Labute approximate surface area is 238 Å². The zero-order chi connectivity index (χ0) is 29.4. The summed E-state index contributed by atoms with van der Waals surface area (Å²) < 4.78 is 27.1. The van der Waals surface area contributed by atoms with Crippen LogP contribution in [0, 0.1) is 0 Å². The van der Waals surface area contributed by atoms with Crippen molar-refractivity contribution in [1.82, 2.24) is 9.21 Å². The Kier molecular flexibility index (Phi) is 9.86. The van der Waals surface area contributed by atoms with Crippen LogP contribution in [0.25, 0.3) is 10.8 Å². The maximum Gasteiger partial charge on any atom is 0.243 e. The third kappa shape index (κ3) is 7.57. The van der Waals surface area contributed by atoms with Gasteiger partial charge in [-0.05, 0) is 79.6 Å². The van der Waals surface area contributed by atoms with Gasteiger partial charge in [0.25, 0.3) is 0 Å². The Morgan fingerprint density at radius 1 is 0.732 bits per heavy atom. The van der Waals surface area contributed by atoms with Crippen molar-refractivity contribution in [2.24, 2.45) is 20.5 Å². The number of hydrogen-bond donors (Lipinski definition) is 3. The minimum Gasteiger partial charge on any atom is -0.506 e. The van der Waals surface area contributed by atoms with Crippen LogP contribution in [0.5, 0.6) is 5.75 Å². The van der Waals surface area contributed by atoms with Gasteiger partial charge in [0.1, 0.15) is 11.4 Å². The normalized spacial score (nSPS) is 12.4. The summed E-state index contributed by atoms with van der Waals surface area (Å²) in [6.07, 6.45) is 0. The van der Waals surface area contributed by atoms with Crippen LogP contribution in [-0.2, 0) is 16.6 Å². The van der Waals surface area contributed by atoms with Crippen LogP contribution < -0.4 is 0 Å². The Balaban J connectivity index is 1.54. The van der Waals surface area contributed by atoms with Crippen LogP contribution >= 0.6 is 0 Å². The predicted molar refractivity (Wildman–Crippen MR) is 157 cm³/mol. The van der Waals surface area contributed by atoms with Crippen LogP contribution in [0.4, 0.5) is 22.7 Å². The molecule has 0 aliphatic carbocycles. The van der Waals surface area contributed by atoms with Crippen LogP contribution in [0.2, 0.25) is 0 Å². The Bertz CT molecular complexity index is 1650. The minimum atomic E-state index is -3.95. The quantitative estimate of drug-likeness (QED) is 0.192. The maximum atomic E-state index is 13.0. The molecule has 0 aliphatic rings. The lowest BCUT2D eigenvalue weighted by molar-refractivity contribution is 0.217. The number of azo groups is 2. The molecule has 11 nitrogen and oxygen atoms in total. The van der Waals surface area contributed by atoms with Crippen molar-refractivity contribution in [3.8, 4) is 5.75 Å². The molecule has 12 heteroatoms. The van der Waals surface area contributed by atoms with Gasteiger partial charge in [-0.25, -0.2) is 8.42 Å². The molecule has 4 aromatic carbocycles. The highest BCUT2D eigenvalue weighted by Crippen LogP contribution is 2.37. The molecule has 4 aromatic rings. The zero-order valence-corrected chi connectivity index (χ0v) is 23.6. The molecule has 3 N–H and O–H groups in total. The number of rotatable bonds is 12. The summed E-state index contributed by atoms with van der Waals surface area (Å²) in [7, 11) is 0.0643. The fourth-order valence-electron chi connectivity index (χ4n) is 4.16. The summed E-state index contributed by atoms with van der Waals surface area (Å²) in [4.78, 5) is 2.08. The van der Waals surface area contributed by atoms with Gasteiger partial charge in [-0.15, -0.1) is 5.11 Å². The first-order valence-corrected chi connectivity index (χ1v) is 14.3. The first kappa shape index (κ1) is 29.9. The van der Waals surface area contributed by atoms with E-state index in [1.54, 1.807) is 36.4 Å². The molecule has 0 fully saturated rings. The van der Waals surface area contributed by atoms with Crippen molar-refractivity contribution < 1.29 is 23.7 Å². The van der Waals surface area contributed by atoms with Gasteiger partial charge in [0.15, 0.2) is 0 Å². The average molecular weight is 577 g/mol. The molecule has 0 amide bonds. The van der Waals surface area contributed by atoms with Gasteiger partial charge in [-0.2, -0.15) is 19.6 Å². The van der Waals surface area contributed by atoms with E-state index in [1.165, 1.54) is 18.2 Å². The van der Waals surface area contributed by atoms with Crippen molar-refractivity contribution in [3.05, 3.63) is 84.4 Å². The first-order chi connectivity index (χ1) is 19.7. The van der Waals surface area contributed by atoms with Crippen molar-refractivity contribution in [1.29, 1.82) is 0 Å². The fraction of sp³-hybridized carbons (Fsp3) is 0.241. The molecule has 0 heterocycles. The van der Waals surface area contributed by atoms with Gasteiger partial charge in [-0.3, -0.25) is 0 Å². The minimum absolute atomic E-state index is 0.00495. The molecule has 0 saturated carbocycles. The lowest BCUT2D eigenvalue weighted by Gasteiger charge is -2.20. The van der Waals surface area contributed by atoms with E-state index in [-0.39, 0.29) is 42.6 Å². The number of aromatic hydroxyl groups is 1. The van der Waals surface area contributed by atoms with E-state index >= 15 is 0 Å². The topological polar surface area (TPSA) is 151 Å². The number of aliphatic hydroxyl groups is 2. The van der Waals surface area contributed by atoms with Crippen molar-refractivity contribution >= 4 is 43.5 Å². The molecular weight excluding hydrogens is 544 g/mol. The molecule has 0 atom stereocenters. The van der Waals surface area contributed by atoms with Gasteiger partial charge in [-0.1, -0.05) is 24.3 Å². The summed E-state index contributed by atoms with van der Waals surface area (Å²) in [5.41, 5.74) is 3.25. The number of fused-ring (bicyclic) bond motifs is 1. The molecule has 0 spiro atoms. The second-order valence-corrected chi connectivity index (χ2v) is 11.4. The first-order valence-electron chi connectivity index (χ1n) is 12.9. The van der Waals surface area contributed by atoms with Crippen LogP contribution in [0.15, 0.2) is 104 Å². The molecule has 0 bridgehead atoms. The van der Waals surface area contributed by atoms with E-state index in [1.807, 2.05) is 38.4 Å². The Morgan fingerprint density at radius 3 is 2.00 bits per heavy atom. The van der Waals surface area contributed by atoms with Crippen LogP contribution in [0.1, 0.15) is 5.56 Å². The third-order valence-corrected chi connectivity index (χ3v) is 7.98. The second-order valence-electron chi connectivity index (χ2n) is 9.49. The lowest BCUT2D eigenvalue weighted by Crippen LogP contribution is -2.35. The molecule has 0 aliphatic heterocycles. The van der Waals surface area contributed by atoms with Gasteiger partial charge in [0, 0.05) is 25.0 Å². The molecule has 0 unspecified atom stereocenters. The molecule has 214 valence electrons. The monoisotopic (exact) mass is 576 g/mol. The summed E-state index contributed by atoms with van der Waals surface area (Å²) >= 11 is 0. The summed E-state index contributed by atoms with van der Waals surface area (Å²) in [6, 6.07) is 22.2. The molecule has 0 saturated heterocycles. The third-order valence-electron chi connectivity index (χ3n) is 6.08. The number of sulfonamides is 1. The lowest BCUT2D eigenvalue weighted by atomic mass is 10.1. The highest BCUT2D eigenvalue weighted by atomic mass is 32.2. The summed E-state index contributed by atoms with van der Waals surface area (Å²) in [6.45, 7) is -0.219. The van der Waals surface area contributed by atoms with E-state index in [2.05, 4.69) is 25.4 Å². The average Bonchev–Trinajstić information content (AvgIpc) is 2.95. The number of nitrogens with zero attached hydrogens (tertiary/aromatic N) is 6. The molecule has 41 heavy (non-hydrogen) atoms. The SMILES string of the molecule is CN(C)Cc1cccc(/N=N/c2ccc(/N=N/c3c(O)ccc4cc(S(=O)(=O)N(CCO)CCO)ccc34)cc2)c1. The smallest absolute Gasteiger partial charge is 0.243 e. The van der Waals surface area contributed by atoms with E-state index in [9.17, 15) is 23.7 Å². The van der Waals surface area contributed by atoms with Crippen LogP contribution in [0.3, 0.4) is 0 Å². The number of benzene rings is 4. The van der Waals surface area contributed by atoms with E-state index in [0.29, 0.717) is 22.1 Å². The Hall–Kier alpha value is -4.07. The van der Waals surface area contributed by atoms with Crippen molar-refractivity contribution in [2.45, 2.75) is 11.4 Å². The predicted octanol–water partition coefficient (Wildman–Crippen LogP) is 5.41. The van der Waals surface area contributed by atoms with E-state index in [4.69, 9.17) is 0 Å². The summed E-state index contributed by atoms with van der Waals surface area (Å²) in [5.74, 6) is -0.110. The highest BCUT2D eigenvalue weighted by molar-refractivity contribution is 7.89. The van der Waals surface area contributed by atoms with Gasteiger partial charge in [0.2, 0.25) is 10.0 Å². The fourth-order valence-corrected chi connectivity index (χ4v) is 5.62. The molecular formula is C29H32N6O5S. The van der Waals surface area contributed by atoms with Gasteiger partial charge in [0.05, 0.1) is 35.2 Å². The van der Waals surface area contributed by atoms with Crippen LogP contribution in [-0.4, -0.2) is 73.3 Å². The standard InChI is InChI=1S/C29H32N6O5S/c1-34(2)20-21-4-3-5-25(18-21)32-30-23-7-9-24(10-8-23)31-33-29-27-12-11-26(19-22(27)6-13-28(29)38)41(39,40)35(14-16-36)15-17-37/h3-13,18-19,36-38H,14-17,20H2,1-2H3/b32-30+,33-31+. The van der Waals surface area contributed by atoms with Crippen molar-refractivity contribution in [3.63, 3.8) is 0 Å². The van der Waals surface area contributed by atoms with Gasteiger partial charge < -0.3 is 20.2 Å². The Morgan fingerprint density at radius 2 is 1.37 bits per heavy atom. The maximum absolute atomic E-state index is 13.0. The second kappa shape index (κ2) is 13.5. The number of phenolic OH excluding ortho intramolecular Hbond substituents is 1.